The topological polar surface area (TPSA) is 72.2 Å². The third kappa shape index (κ3) is 3.32. The molecule has 6 heteroatoms. The van der Waals surface area contributed by atoms with Crippen LogP contribution < -0.4 is 10.5 Å². The molecule has 0 fully saturated rings. The third-order valence-electron chi connectivity index (χ3n) is 2.86. The van der Waals surface area contributed by atoms with E-state index in [0.717, 1.165) is 16.5 Å². The van der Waals surface area contributed by atoms with Gasteiger partial charge in [0.05, 0.1) is 10.6 Å². The van der Waals surface area contributed by atoms with E-state index in [1.165, 1.54) is 12.1 Å². The number of sulfonamides is 1. The molecule has 0 aliphatic rings. The van der Waals surface area contributed by atoms with E-state index >= 15 is 0 Å². The number of hydrogen-bond donors (Lipinski definition) is 2. The molecule has 0 spiro atoms. The fraction of sp³-hybridized carbons (Fsp3) is 0.143. The Morgan fingerprint density at radius 3 is 2.60 bits per heavy atom. The van der Waals surface area contributed by atoms with Gasteiger partial charge < -0.3 is 5.73 Å². The minimum Gasteiger partial charge on any atom is -0.399 e. The van der Waals surface area contributed by atoms with Crippen LogP contribution in [0.1, 0.15) is 12.5 Å². The number of nitrogens with one attached hydrogen (secondary N) is 1. The van der Waals surface area contributed by atoms with Gasteiger partial charge in [-0.3, -0.25) is 4.72 Å². The van der Waals surface area contributed by atoms with Gasteiger partial charge in [-0.05, 0) is 48.4 Å². The van der Waals surface area contributed by atoms with Crippen molar-refractivity contribution in [2.24, 2.45) is 0 Å². The maximum Gasteiger partial charge on any atom is 0.261 e. The molecule has 0 unspecified atom stereocenters. The molecule has 0 aliphatic carbocycles. The van der Waals surface area contributed by atoms with Crippen molar-refractivity contribution >= 4 is 37.3 Å². The van der Waals surface area contributed by atoms with Crippen LogP contribution in [0.25, 0.3) is 0 Å². The molecule has 4 nitrogen and oxygen atoms in total. The van der Waals surface area contributed by atoms with Gasteiger partial charge in [0, 0.05) is 10.2 Å². The van der Waals surface area contributed by atoms with Gasteiger partial charge in [0.1, 0.15) is 0 Å². The molecule has 2 rings (SSSR count). The third-order valence-corrected chi connectivity index (χ3v) is 4.72. The minimum atomic E-state index is -3.63. The number of benzene rings is 2. The lowest BCUT2D eigenvalue weighted by molar-refractivity contribution is 0.601. The standard InChI is InChI=1S/C14H15BrN2O2S/c1-2-10-8-11(15)6-7-14(10)17-20(18,19)13-5-3-4-12(16)9-13/h3-9,17H,2,16H2,1H3. The number of nitrogen functional groups attached to an aromatic ring is 1. The zero-order valence-electron chi connectivity index (χ0n) is 10.9. The molecule has 0 bridgehead atoms. The first kappa shape index (κ1) is 14.9. The summed E-state index contributed by atoms with van der Waals surface area (Å²) in [5.74, 6) is 0. The average molecular weight is 355 g/mol. The number of aryl methyl sites for hydroxylation is 1. The first-order chi connectivity index (χ1) is 9.42. The molecule has 106 valence electrons. The Bertz CT molecular complexity index is 730. The van der Waals surface area contributed by atoms with Gasteiger partial charge in [-0.2, -0.15) is 0 Å². The number of anilines is 2. The van der Waals surface area contributed by atoms with Crippen LogP contribution in [0.5, 0.6) is 0 Å². The second kappa shape index (κ2) is 5.85. The lowest BCUT2D eigenvalue weighted by Crippen LogP contribution is -2.14. The van der Waals surface area contributed by atoms with Crippen molar-refractivity contribution in [1.82, 2.24) is 0 Å². The molecule has 0 amide bonds. The highest BCUT2D eigenvalue weighted by Gasteiger charge is 2.15. The Labute approximate surface area is 127 Å². The smallest absolute Gasteiger partial charge is 0.261 e. The first-order valence-corrected chi connectivity index (χ1v) is 8.37. The highest BCUT2D eigenvalue weighted by molar-refractivity contribution is 9.10. The van der Waals surface area contributed by atoms with E-state index in [2.05, 4.69) is 20.7 Å². The van der Waals surface area contributed by atoms with Crippen LogP contribution in [0.4, 0.5) is 11.4 Å². The summed E-state index contributed by atoms with van der Waals surface area (Å²) in [6.45, 7) is 1.97. The van der Waals surface area contributed by atoms with Crippen molar-refractivity contribution in [3.05, 3.63) is 52.5 Å². The van der Waals surface area contributed by atoms with Crippen LogP contribution in [0.3, 0.4) is 0 Å². The summed E-state index contributed by atoms with van der Waals surface area (Å²) < 4.78 is 28.2. The molecule has 0 heterocycles. The Balaban J connectivity index is 2.38. The first-order valence-electron chi connectivity index (χ1n) is 6.09. The lowest BCUT2D eigenvalue weighted by Gasteiger charge is -2.12. The van der Waals surface area contributed by atoms with Crippen LogP contribution in [0.2, 0.25) is 0 Å². The van der Waals surface area contributed by atoms with Crippen LogP contribution in [-0.2, 0) is 16.4 Å². The molecular formula is C14H15BrN2O2S. The molecule has 0 atom stereocenters. The van der Waals surface area contributed by atoms with Crippen molar-refractivity contribution in [1.29, 1.82) is 0 Å². The summed E-state index contributed by atoms with van der Waals surface area (Å²) in [4.78, 5) is 0.155. The van der Waals surface area contributed by atoms with Crippen molar-refractivity contribution in [2.45, 2.75) is 18.2 Å². The largest absolute Gasteiger partial charge is 0.399 e. The van der Waals surface area contributed by atoms with E-state index in [1.54, 1.807) is 24.3 Å². The van der Waals surface area contributed by atoms with Crippen LogP contribution in [-0.4, -0.2) is 8.42 Å². The van der Waals surface area contributed by atoms with Crippen LogP contribution in [0, 0.1) is 0 Å². The summed E-state index contributed by atoms with van der Waals surface area (Å²) in [7, 11) is -3.63. The van der Waals surface area contributed by atoms with E-state index in [1.807, 2.05) is 13.0 Å². The second-order valence-corrected chi connectivity index (χ2v) is 6.93. The maximum atomic E-state index is 12.3. The molecule has 2 aromatic carbocycles. The predicted octanol–water partition coefficient (Wildman–Crippen LogP) is 3.39. The van der Waals surface area contributed by atoms with E-state index in [-0.39, 0.29) is 4.90 Å². The van der Waals surface area contributed by atoms with Crippen LogP contribution >= 0.6 is 15.9 Å². The molecule has 2 aromatic rings. The number of nitrogens with two attached hydrogens (primary N) is 1. The van der Waals surface area contributed by atoms with Gasteiger partial charge in [-0.1, -0.05) is 28.9 Å². The summed E-state index contributed by atoms with van der Waals surface area (Å²) in [6.07, 6.45) is 0.730. The van der Waals surface area contributed by atoms with E-state index in [9.17, 15) is 8.42 Å². The summed E-state index contributed by atoms with van der Waals surface area (Å²) in [6, 6.07) is 11.7. The average Bonchev–Trinajstić information content (AvgIpc) is 2.40. The second-order valence-electron chi connectivity index (χ2n) is 4.33. The highest BCUT2D eigenvalue weighted by atomic mass is 79.9. The van der Waals surface area contributed by atoms with Crippen molar-refractivity contribution in [3.8, 4) is 0 Å². The fourth-order valence-electron chi connectivity index (χ4n) is 1.84. The van der Waals surface area contributed by atoms with Gasteiger partial charge in [-0.25, -0.2) is 8.42 Å². The summed E-state index contributed by atoms with van der Waals surface area (Å²) in [5, 5.41) is 0. The Morgan fingerprint density at radius 1 is 1.20 bits per heavy atom. The molecular weight excluding hydrogens is 340 g/mol. The van der Waals surface area contributed by atoms with E-state index < -0.39 is 10.0 Å². The Hall–Kier alpha value is -1.53. The predicted molar refractivity (Wildman–Crippen MR) is 85.2 cm³/mol. The fourth-order valence-corrected chi connectivity index (χ4v) is 3.40. The summed E-state index contributed by atoms with van der Waals surface area (Å²) >= 11 is 3.38. The Morgan fingerprint density at radius 2 is 1.95 bits per heavy atom. The van der Waals surface area contributed by atoms with Crippen molar-refractivity contribution < 1.29 is 8.42 Å². The number of hydrogen-bond acceptors (Lipinski definition) is 3. The molecule has 0 aromatic heterocycles. The summed E-state index contributed by atoms with van der Waals surface area (Å²) in [5.41, 5.74) is 7.55. The number of rotatable bonds is 4. The number of halogens is 1. The molecule has 3 N–H and O–H groups in total. The minimum absolute atomic E-state index is 0.155. The zero-order chi connectivity index (χ0) is 14.8. The molecule has 0 radical (unpaired) electrons. The van der Waals surface area contributed by atoms with Crippen molar-refractivity contribution in [2.75, 3.05) is 10.5 Å². The van der Waals surface area contributed by atoms with Gasteiger partial charge in [0.25, 0.3) is 10.0 Å². The van der Waals surface area contributed by atoms with E-state index in [0.29, 0.717) is 11.4 Å². The van der Waals surface area contributed by atoms with Crippen molar-refractivity contribution in [3.63, 3.8) is 0 Å². The van der Waals surface area contributed by atoms with Gasteiger partial charge in [0.2, 0.25) is 0 Å². The molecule has 20 heavy (non-hydrogen) atoms. The Kier molecular flexibility index (Phi) is 4.35. The van der Waals surface area contributed by atoms with Gasteiger partial charge in [-0.15, -0.1) is 0 Å². The van der Waals surface area contributed by atoms with Gasteiger partial charge >= 0.3 is 0 Å². The lowest BCUT2D eigenvalue weighted by atomic mass is 10.1. The molecule has 0 aliphatic heterocycles. The highest BCUT2D eigenvalue weighted by Crippen LogP contribution is 2.24. The SMILES string of the molecule is CCc1cc(Br)ccc1NS(=O)(=O)c1cccc(N)c1. The molecule has 0 saturated heterocycles. The maximum absolute atomic E-state index is 12.3. The molecule has 0 saturated carbocycles. The monoisotopic (exact) mass is 354 g/mol. The zero-order valence-corrected chi connectivity index (χ0v) is 13.3. The quantitative estimate of drug-likeness (QED) is 0.826. The van der Waals surface area contributed by atoms with Gasteiger partial charge in [0.15, 0.2) is 0 Å². The van der Waals surface area contributed by atoms with Crippen LogP contribution in [0.15, 0.2) is 51.8 Å². The normalized spacial score (nSPS) is 11.3. The van der Waals surface area contributed by atoms with E-state index in [4.69, 9.17) is 5.73 Å².